The van der Waals surface area contributed by atoms with Crippen molar-refractivity contribution in [3.8, 4) is 0 Å². The Morgan fingerprint density at radius 1 is 1.28 bits per heavy atom. The van der Waals surface area contributed by atoms with Gasteiger partial charge < -0.3 is 10.4 Å². The van der Waals surface area contributed by atoms with Gasteiger partial charge in [-0.1, -0.05) is 19.9 Å². The van der Waals surface area contributed by atoms with Gasteiger partial charge in [-0.3, -0.25) is 4.79 Å². The summed E-state index contributed by atoms with van der Waals surface area (Å²) < 4.78 is 25.9. The summed E-state index contributed by atoms with van der Waals surface area (Å²) in [4.78, 5) is 21.2. The second-order valence-electron chi connectivity index (χ2n) is 4.50. The van der Waals surface area contributed by atoms with E-state index >= 15 is 0 Å². The van der Waals surface area contributed by atoms with Crippen molar-refractivity contribution in [3.63, 3.8) is 0 Å². The molecule has 0 saturated heterocycles. The molecule has 4 nitrogen and oxygen atoms in total. The van der Waals surface area contributed by atoms with Crippen molar-refractivity contribution in [3.05, 3.63) is 35.4 Å². The summed E-state index contributed by atoms with van der Waals surface area (Å²) in [6.07, 6.45) is 0. The van der Waals surface area contributed by atoms with Gasteiger partial charge >= 0.3 is 11.9 Å². The van der Waals surface area contributed by atoms with Gasteiger partial charge in [0.1, 0.15) is 0 Å². The topological polar surface area (TPSA) is 66.4 Å². The molecule has 0 radical (unpaired) electrons. The van der Waals surface area contributed by atoms with Crippen LogP contribution in [-0.4, -0.2) is 23.5 Å². The van der Waals surface area contributed by atoms with Gasteiger partial charge in [0, 0.05) is 12.0 Å². The molecule has 2 N–H and O–H groups in total. The molecule has 1 amide bonds. The van der Waals surface area contributed by atoms with E-state index in [-0.39, 0.29) is 6.54 Å². The maximum absolute atomic E-state index is 13.1. The zero-order valence-electron chi connectivity index (χ0n) is 9.96. The lowest BCUT2D eigenvalue weighted by atomic mass is 9.84. The summed E-state index contributed by atoms with van der Waals surface area (Å²) in [7, 11) is 0. The summed E-state index contributed by atoms with van der Waals surface area (Å²) in [6, 6.07) is 3.42. The smallest absolute Gasteiger partial charge is 0.394 e. The molecule has 0 fully saturated rings. The van der Waals surface area contributed by atoms with E-state index in [2.05, 4.69) is 5.32 Å². The third kappa shape index (κ3) is 3.26. The Kier molecular flexibility index (Phi) is 4.00. The minimum Gasteiger partial charge on any atom is -0.474 e. The molecule has 0 heterocycles. The van der Waals surface area contributed by atoms with Crippen LogP contribution in [0.25, 0.3) is 0 Å². The largest absolute Gasteiger partial charge is 0.474 e. The second-order valence-corrected chi connectivity index (χ2v) is 4.50. The van der Waals surface area contributed by atoms with Crippen LogP contribution in [0.15, 0.2) is 18.2 Å². The maximum Gasteiger partial charge on any atom is 0.394 e. The molecule has 1 aromatic carbocycles. The molecule has 0 unspecified atom stereocenters. The number of benzene rings is 1. The monoisotopic (exact) mass is 257 g/mol. The lowest BCUT2D eigenvalue weighted by Crippen LogP contribution is -2.39. The fourth-order valence-electron chi connectivity index (χ4n) is 1.40. The Hall–Kier alpha value is -1.98. The van der Waals surface area contributed by atoms with E-state index in [1.165, 1.54) is 6.07 Å². The number of hydrogen-bond acceptors (Lipinski definition) is 2. The summed E-state index contributed by atoms with van der Waals surface area (Å²) in [5, 5.41) is 10.6. The lowest BCUT2D eigenvalue weighted by molar-refractivity contribution is -0.150. The SMILES string of the molecule is CC(C)(CNC(=O)C(=O)O)c1ccc(F)c(F)c1. The Morgan fingerprint density at radius 2 is 1.89 bits per heavy atom. The van der Waals surface area contributed by atoms with E-state index in [9.17, 15) is 18.4 Å². The second kappa shape index (κ2) is 5.12. The van der Waals surface area contributed by atoms with Gasteiger partial charge in [0.25, 0.3) is 0 Å². The lowest BCUT2D eigenvalue weighted by Gasteiger charge is -2.25. The van der Waals surface area contributed by atoms with Crippen molar-refractivity contribution in [1.29, 1.82) is 0 Å². The van der Waals surface area contributed by atoms with Crippen LogP contribution >= 0.6 is 0 Å². The van der Waals surface area contributed by atoms with E-state index in [1.807, 2.05) is 0 Å². The first-order valence-electron chi connectivity index (χ1n) is 5.20. The third-order valence-electron chi connectivity index (χ3n) is 2.59. The predicted molar refractivity (Wildman–Crippen MR) is 60.0 cm³/mol. The summed E-state index contributed by atoms with van der Waals surface area (Å²) in [5.74, 6) is -4.66. The maximum atomic E-state index is 13.1. The highest BCUT2D eigenvalue weighted by Crippen LogP contribution is 2.23. The molecular weight excluding hydrogens is 244 g/mol. The molecule has 1 aromatic rings. The van der Waals surface area contributed by atoms with Crippen molar-refractivity contribution in [2.75, 3.05) is 6.54 Å². The van der Waals surface area contributed by atoms with Gasteiger partial charge in [0.05, 0.1) is 0 Å². The van der Waals surface area contributed by atoms with Gasteiger partial charge in [-0.25, -0.2) is 13.6 Å². The highest BCUT2D eigenvalue weighted by Gasteiger charge is 2.24. The van der Waals surface area contributed by atoms with Crippen molar-refractivity contribution >= 4 is 11.9 Å². The van der Waals surface area contributed by atoms with Gasteiger partial charge in [-0.2, -0.15) is 0 Å². The van der Waals surface area contributed by atoms with Crippen LogP contribution in [0.3, 0.4) is 0 Å². The van der Waals surface area contributed by atoms with E-state index in [4.69, 9.17) is 5.11 Å². The first-order valence-corrected chi connectivity index (χ1v) is 5.20. The average molecular weight is 257 g/mol. The molecule has 98 valence electrons. The van der Waals surface area contributed by atoms with Crippen LogP contribution in [-0.2, 0) is 15.0 Å². The van der Waals surface area contributed by atoms with Crippen molar-refractivity contribution in [1.82, 2.24) is 5.32 Å². The van der Waals surface area contributed by atoms with E-state index in [1.54, 1.807) is 13.8 Å². The van der Waals surface area contributed by atoms with Crippen molar-refractivity contribution in [2.45, 2.75) is 19.3 Å². The Labute approximate surface area is 103 Å². The van der Waals surface area contributed by atoms with Gasteiger partial charge in [-0.15, -0.1) is 0 Å². The highest BCUT2D eigenvalue weighted by atomic mass is 19.2. The Balaban J connectivity index is 2.82. The molecule has 0 aliphatic rings. The molecule has 0 bridgehead atoms. The molecule has 0 aromatic heterocycles. The molecule has 1 rings (SSSR count). The Bertz CT molecular complexity index is 486. The normalized spacial score (nSPS) is 11.1. The van der Waals surface area contributed by atoms with Crippen LogP contribution in [0.2, 0.25) is 0 Å². The number of carboxylic acid groups (broad SMARTS) is 1. The molecule has 0 aliphatic heterocycles. The first-order chi connectivity index (χ1) is 8.24. The minimum atomic E-state index is -1.59. The van der Waals surface area contributed by atoms with Crippen LogP contribution in [0, 0.1) is 11.6 Å². The third-order valence-corrected chi connectivity index (χ3v) is 2.59. The Morgan fingerprint density at radius 3 is 2.39 bits per heavy atom. The molecule has 18 heavy (non-hydrogen) atoms. The van der Waals surface area contributed by atoms with Gasteiger partial charge in [0.15, 0.2) is 11.6 Å². The molecular formula is C12H13F2NO3. The number of hydrogen-bond donors (Lipinski definition) is 2. The average Bonchev–Trinajstić information content (AvgIpc) is 2.29. The number of carbonyl (C=O) groups is 2. The van der Waals surface area contributed by atoms with E-state index < -0.39 is 28.9 Å². The number of rotatable bonds is 3. The molecule has 6 heteroatoms. The van der Waals surface area contributed by atoms with Crippen molar-refractivity contribution < 1.29 is 23.5 Å². The van der Waals surface area contributed by atoms with E-state index in [0.29, 0.717) is 5.56 Å². The number of aliphatic carboxylic acids is 1. The van der Waals surface area contributed by atoms with Gasteiger partial charge in [-0.05, 0) is 17.7 Å². The molecule has 0 saturated carbocycles. The standard InChI is InChI=1S/C12H13F2NO3/c1-12(2,6-15-10(16)11(17)18)7-3-4-8(13)9(14)5-7/h3-5H,6H2,1-2H3,(H,15,16)(H,17,18). The number of halogens is 2. The summed E-state index contributed by atoms with van der Waals surface area (Å²) in [5.41, 5.74) is -0.244. The first kappa shape index (κ1) is 14.1. The van der Waals surface area contributed by atoms with Crippen LogP contribution in [0.4, 0.5) is 8.78 Å². The minimum absolute atomic E-state index is 0.00318. The zero-order chi connectivity index (χ0) is 13.9. The summed E-state index contributed by atoms with van der Waals surface area (Å²) in [6.45, 7) is 3.37. The molecule has 0 atom stereocenters. The van der Waals surface area contributed by atoms with Crippen LogP contribution < -0.4 is 5.32 Å². The predicted octanol–water partition coefficient (Wildman–Crippen LogP) is 1.44. The number of nitrogens with one attached hydrogen (secondary N) is 1. The van der Waals surface area contributed by atoms with Crippen LogP contribution in [0.5, 0.6) is 0 Å². The number of carboxylic acids is 1. The van der Waals surface area contributed by atoms with Gasteiger partial charge in [0.2, 0.25) is 0 Å². The quantitative estimate of drug-likeness (QED) is 0.805. The molecule has 0 aliphatic carbocycles. The zero-order valence-corrected chi connectivity index (χ0v) is 9.96. The van der Waals surface area contributed by atoms with E-state index in [0.717, 1.165) is 12.1 Å². The number of carbonyl (C=O) groups excluding carboxylic acids is 1. The summed E-state index contributed by atoms with van der Waals surface area (Å²) >= 11 is 0. The number of amides is 1. The van der Waals surface area contributed by atoms with Crippen LogP contribution in [0.1, 0.15) is 19.4 Å². The highest BCUT2D eigenvalue weighted by molar-refractivity contribution is 6.31. The van der Waals surface area contributed by atoms with Crippen molar-refractivity contribution in [2.24, 2.45) is 0 Å². The fraction of sp³-hybridized carbons (Fsp3) is 0.333. The molecule has 0 spiro atoms. The fourth-order valence-corrected chi connectivity index (χ4v) is 1.40.